The molecule has 136 valence electrons. The van der Waals surface area contributed by atoms with E-state index in [0.717, 1.165) is 0 Å². The summed E-state index contributed by atoms with van der Waals surface area (Å²) in [4.78, 5) is 15.7. The molecule has 0 fully saturated rings. The number of carbonyl (C=O) groups is 1. The molecule has 3 N–H and O–H groups in total. The summed E-state index contributed by atoms with van der Waals surface area (Å²) >= 11 is 0. The van der Waals surface area contributed by atoms with E-state index in [-0.39, 0.29) is 30.4 Å². The summed E-state index contributed by atoms with van der Waals surface area (Å²) in [6.07, 6.45) is 0.568. The van der Waals surface area contributed by atoms with Crippen molar-refractivity contribution in [1.29, 1.82) is 0 Å². The number of amides is 1. The number of hydrogen-bond donors (Lipinski definition) is 3. The zero-order chi connectivity index (χ0) is 18.4. The van der Waals surface area contributed by atoms with Crippen LogP contribution in [0.15, 0.2) is 41.6 Å². The Balaban J connectivity index is 1.76. The fourth-order valence-corrected chi connectivity index (χ4v) is 3.19. The number of aryl methyl sites for hydroxylation is 2. The molecule has 1 amide bonds. The van der Waals surface area contributed by atoms with Crippen molar-refractivity contribution >= 4 is 15.9 Å². The lowest BCUT2D eigenvalue weighted by molar-refractivity contribution is -0.121. The second-order valence-corrected chi connectivity index (χ2v) is 7.33. The normalized spacial score (nSPS) is 12.8. The van der Waals surface area contributed by atoms with Crippen molar-refractivity contribution in [2.75, 3.05) is 13.1 Å². The quantitative estimate of drug-likeness (QED) is 0.620. The number of imidazole rings is 1. The molecule has 0 aliphatic heterocycles. The first-order valence-electron chi connectivity index (χ1n) is 7.79. The van der Waals surface area contributed by atoms with Crippen LogP contribution in [0.1, 0.15) is 23.9 Å². The third kappa shape index (κ3) is 5.38. The smallest absolute Gasteiger partial charge is 0.259 e. The van der Waals surface area contributed by atoms with Gasteiger partial charge in [-0.25, -0.2) is 18.1 Å². The summed E-state index contributed by atoms with van der Waals surface area (Å²) in [5, 5.41) is 12.5. The lowest BCUT2D eigenvalue weighted by atomic mass is 10.1. The average Bonchev–Trinajstić information content (AvgIpc) is 2.93. The number of benzene rings is 1. The number of carbonyl (C=O) groups excluding carboxylic acids is 1. The van der Waals surface area contributed by atoms with Crippen LogP contribution in [0, 0.1) is 6.92 Å². The summed E-state index contributed by atoms with van der Waals surface area (Å²) in [6, 6.07) is 8.96. The third-order valence-corrected chi connectivity index (χ3v) is 5.01. The molecule has 2 aromatic rings. The highest BCUT2D eigenvalue weighted by atomic mass is 32.2. The standard InChI is InChI=1S/C16H22N4O4S/c1-12-19-16(11-20(12)2)25(23,24)18-9-8-15(22)17-10-14(21)13-6-4-3-5-7-13/h3-7,11,14,18,21H,8-10H2,1-2H3,(H,17,22)/t14-/m1/s1. The molecule has 0 aliphatic carbocycles. The van der Waals surface area contributed by atoms with Crippen molar-refractivity contribution in [2.45, 2.75) is 24.5 Å². The van der Waals surface area contributed by atoms with E-state index in [0.29, 0.717) is 11.4 Å². The maximum atomic E-state index is 12.1. The molecule has 1 aromatic heterocycles. The summed E-state index contributed by atoms with van der Waals surface area (Å²) in [6.45, 7) is 1.71. The lowest BCUT2D eigenvalue weighted by Crippen LogP contribution is -2.33. The number of nitrogens with one attached hydrogen (secondary N) is 2. The van der Waals surface area contributed by atoms with Gasteiger partial charge in [0, 0.05) is 32.8 Å². The molecule has 0 radical (unpaired) electrons. The van der Waals surface area contributed by atoms with Crippen molar-refractivity contribution in [1.82, 2.24) is 19.6 Å². The first kappa shape index (κ1) is 19.1. The minimum absolute atomic E-state index is 0.0352. The molecule has 0 aliphatic rings. The molecule has 1 heterocycles. The summed E-state index contributed by atoms with van der Waals surface area (Å²) in [7, 11) is -2.04. The van der Waals surface area contributed by atoms with Crippen LogP contribution in [-0.2, 0) is 21.9 Å². The summed E-state index contributed by atoms with van der Waals surface area (Å²) in [5.41, 5.74) is 0.703. The van der Waals surface area contributed by atoms with E-state index in [1.807, 2.05) is 6.07 Å². The molecule has 25 heavy (non-hydrogen) atoms. The Hall–Kier alpha value is -2.23. The second kappa shape index (κ2) is 8.24. The van der Waals surface area contributed by atoms with Crippen molar-refractivity contribution in [3.05, 3.63) is 47.9 Å². The molecule has 0 saturated carbocycles. The van der Waals surface area contributed by atoms with Crippen molar-refractivity contribution in [3.8, 4) is 0 Å². The minimum Gasteiger partial charge on any atom is -0.387 e. The summed E-state index contributed by atoms with van der Waals surface area (Å²) < 4.78 is 28.1. The Labute approximate surface area is 146 Å². The van der Waals surface area contributed by atoms with Crippen LogP contribution in [0.25, 0.3) is 0 Å². The molecule has 1 aromatic carbocycles. The van der Waals surface area contributed by atoms with E-state index in [4.69, 9.17) is 0 Å². The molecule has 2 rings (SSSR count). The van der Waals surface area contributed by atoms with Gasteiger partial charge in [-0.2, -0.15) is 0 Å². The van der Waals surface area contributed by atoms with Crippen molar-refractivity contribution in [2.24, 2.45) is 7.05 Å². The number of hydrogen-bond acceptors (Lipinski definition) is 5. The molecular formula is C16H22N4O4S. The van der Waals surface area contributed by atoms with Gasteiger partial charge >= 0.3 is 0 Å². The van der Waals surface area contributed by atoms with E-state index in [1.54, 1.807) is 42.8 Å². The number of nitrogens with zero attached hydrogens (tertiary/aromatic N) is 2. The van der Waals surface area contributed by atoms with E-state index in [1.165, 1.54) is 6.20 Å². The number of rotatable bonds is 8. The number of aromatic nitrogens is 2. The van der Waals surface area contributed by atoms with Gasteiger partial charge in [-0.05, 0) is 12.5 Å². The van der Waals surface area contributed by atoms with E-state index in [9.17, 15) is 18.3 Å². The molecular weight excluding hydrogens is 344 g/mol. The highest BCUT2D eigenvalue weighted by molar-refractivity contribution is 7.89. The van der Waals surface area contributed by atoms with Gasteiger partial charge in [0.15, 0.2) is 5.03 Å². The van der Waals surface area contributed by atoms with Crippen molar-refractivity contribution < 1.29 is 18.3 Å². The fraction of sp³-hybridized carbons (Fsp3) is 0.375. The zero-order valence-electron chi connectivity index (χ0n) is 14.1. The molecule has 8 nitrogen and oxygen atoms in total. The first-order chi connectivity index (χ1) is 11.8. The molecule has 0 spiro atoms. The zero-order valence-corrected chi connectivity index (χ0v) is 15.0. The number of aliphatic hydroxyl groups is 1. The van der Waals surface area contributed by atoms with Gasteiger partial charge in [0.1, 0.15) is 5.82 Å². The molecule has 9 heteroatoms. The first-order valence-corrected chi connectivity index (χ1v) is 9.27. The number of aliphatic hydroxyl groups excluding tert-OH is 1. The van der Waals surface area contributed by atoms with Crippen LogP contribution < -0.4 is 10.0 Å². The minimum atomic E-state index is -3.74. The topological polar surface area (TPSA) is 113 Å². The lowest BCUT2D eigenvalue weighted by Gasteiger charge is -2.12. The molecule has 0 saturated heterocycles. The van der Waals surface area contributed by atoms with Crippen LogP contribution in [0.5, 0.6) is 0 Å². The van der Waals surface area contributed by atoms with Gasteiger partial charge in [0.2, 0.25) is 5.91 Å². The monoisotopic (exact) mass is 366 g/mol. The Morgan fingerprint density at radius 1 is 1.32 bits per heavy atom. The highest BCUT2D eigenvalue weighted by Gasteiger charge is 2.18. The van der Waals surface area contributed by atoms with Gasteiger partial charge in [0.25, 0.3) is 10.0 Å². The largest absolute Gasteiger partial charge is 0.387 e. The van der Waals surface area contributed by atoms with Gasteiger partial charge in [-0.1, -0.05) is 30.3 Å². The predicted octanol–water partition coefficient (Wildman–Crippen LogP) is 0.247. The van der Waals surface area contributed by atoms with E-state index >= 15 is 0 Å². The Morgan fingerprint density at radius 3 is 2.60 bits per heavy atom. The van der Waals surface area contributed by atoms with Crippen LogP contribution in [0.2, 0.25) is 0 Å². The second-order valence-electron chi connectivity index (χ2n) is 5.62. The molecule has 0 bridgehead atoms. The van der Waals surface area contributed by atoms with Gasteiger partial charge in [-0.3, -0.25) is 4.79 Å². The Bertz CT molecular complexity index is 798. The third-order valence-electron chi connectivity index (χ3n) is 3.68. The SMILES string of the molecule is Cc1nc(S(=O)(=O)NCCC(=O)NC[C@@H](O)c2ccccc2)cn1C. The van der Waals surface area contributed by atoms with Gasteiger partial charge in [0.05, 0.1) is 6.10 Å². The van der Waals surface area contributed by atoms with Crippen molar-refractivity contribution in [3.63, 3.8) is 0 Å². The maximum Gasteiger partial charge on any atom is 0.259 e. The van der Waals surface area contributed by atoms with Crippen LogP contribution in [0.3, 0.4) is 0 Å². The van der Waals surface area contributed by atoms with Crippen LogP contribution in [-0.4, -0.2) is 42.1 Å². The van der Waals surface area contributed by atoms with Crippen LogP contribution in [0.4, 0.5) is 0 Å². The van der Waals surface area contributed by atoms with Crippen LogP contribution >= 0.6 is 0 Å². The fourth-order valence-electron chi connectivity index (χ4n) is 2.12. The molecule has 0 unspecified atom stereocenters. The van der Waals surface area contributed by atoms with Gasteiger partial charge < -0.3 is 15.0 Å². The van der Waals surface area contributed by atoms with Gasteiger partial charge in [-0.15, -0.1) is 0 Å². The van der Waals surface area contributed by atoms with E-state index in [2.05, 4.69) is 15.0 Å². The highest BCUT2D eigenvalue weighted by Crippen LogP contribution is 2.10. The predicted molar refractivity (Wildman–Crippen MR) is 92.2 cm³/mol. The Kier molecular flexibility index (Phi) is 6.29. The average molecular weight is 366 g/mol. The van der Waals surface area contributed by atoms with E-state index < -0.39 is 16.1 Å². The summed E-state index contributed by atoms with van der Waals surface area (Å²) in [5.74, 6) is 0.225. The Morgan fingerprint density at radius 2 is 2.00 bits per heavy atom. The molecule has 1 atom stereocenters. The maximum absolute atomic E-state index is 12.1. The number of sulfonamides is 1.